The Balaban J connectivity index is 2.26. The van der Waals surface area contributed by atoms with Gasteiger partial charge in [0.05, 0.1) is 16.7 Å². The minimum absolute atomic E-state index is 0.133. The van der Waals surface area contributed by atoms with Crippen LogP contribution in [0.4, 0.5) is 10.1 Å². The van der Waals surface area contributed by atoms with E-state index in [9.17, 15) is 19.1 Å². The van der Waals surface area contributed by atoms with Crippen LogP contribution in [0, 0.1) is 11.2 Å². The summed E-state index contributed by atoms with van der Waals surface area (Å²) in [5, 5.41) is 9.19. The van der Waals surface area contributed by atoms with Crippen LogP contribution in [0.25, 0.3) is 0 Å². The summed E-state index contributed by atoms with van der Waals surface area (Å²) in [5.41, 5.74) is 4.76. The molecule has 0 bridgehead atoms. The van der Waals surface area contributed by atoms with Crippen LogP contribution in [0.5, 0.6) is 0 Å². The van der Waals surface area contributed by atoms with Crippen molar-refractivity contribution in [3.8, 4) is 0 Å². The van der Waals surface area contributed by atoms with E-state index in [4.69, 9.17) is 5.73 Å². The highest BCUT2D eigenvalue weighted by Crippen LogP contribution is 2.34. The van der Waals surface area contributed by atoms with E-state index in [1.54, 1.807) is 13.0 Å². The molecule has 0 radical (unpaired) electrons. The summed E-state index contributed by atoms with van der Waals surface area (Å²) < 4.78 is 13.7. The lowest BCUT2D eigenvalue weighted by molar-refractivity contribution is -0.149. The smallest absolute Gasteiger partial charge is 0.309 e. The number of halogens is 1. The van der Waals surface area contributed by atoms with Crippen LogP contribution in [-0.2, 0) is 4.79 Å². The Morgan fingerprint density at radius 1 is 1.35 bits per heavy atom. The Bertz CT molecular complexity index is 551. The molecule has 5 nitrogen and oxygen atoms in total. The predicted octanol–water partition coefficient (Wildman–Crippen LogP) is 1.62. The number of carboxylic acid groups (broad SMARTS) is 1. The zero-order valence-electron chi connectivity index (χ0n) is 11.2. The first-order valence-corrected chi connectivity index (χ1v) is 6.42. The van der Waals surface area contributed by atoms with Gasteiger partial charge in [-0.25, -0.2) is 4.39 Å². The molecule has 2 rings (SSSR count). The maximum absolute atomic E-state index is 13.7. The Morgan fingerprint density at radius 3 is 2.45 bits per heavy atom. The molecule has 0 unspecified atom stereocenters. The fraction of sp³-hybridized carbons (Fsp3) is 0.429. The van der Waals surface area contributed by atoms with E-state index in [-0.39, 0.29) is 5.56 Å². The lowest BCUT2D eigenvalue weighted by Gasteiger charge is -2.38. The molecule has 0 saturated carbocycles. The van der Waals surface area contributed by atoms with Crippen LogP contribution < -0.4 is 10.6 Å². The van der Waals surface area contributed by atoms with Crippen molar-refractivity contribution in [1.82, 2.24) is 0 Å². The van der Waals surface area contributed by atoms with Crippen LogP contribution in [0.3, 0.4) is 0 Å². The molecular weight excluding hydrogens is 263 g/mol. The van der Waals surface area contributed by atoms with E-state index >= 15 is 0 Å². The molecule has 0 atom stereocenters. The number of aliphatic carboxylic acids is 1. The van der Waals surface area contributed by atoms with Gasteiger partial charge in [0.25, 0.3) is 5.91 Å². The number of carbonyl (C=O) groups is 2. The van der Waals surface area contributed by atoms with Crippen molar-refractivity contribution in [2.75, 3.05) is 18.0 Å². The molecule has 1 fully saturated rings. The zero-order chi connectivity index (χ0) is 14.9. The first-order valence-electron chi connectivity index (χ1n) is 6.42. The minimum atomic E-state index is -0.827. The van der Waals surface area contributed by atoms with Gasteiger partial charge in [-0.2, -0.15) is 0 Å². The van der Waals surface area contributed by atoms with E-state index in [1.165, 1.54) is 12.1 Å². The molecule has 20 heavy (non-hydrogen) atoms. The van der Waals surface area contributed by atoms with E-state index in [2.05, 4.69) is 0 Å². The van der Waals surface area contributed by atoms with Crippen LogP contribution in [0.1, 0.15) is 30.1 Å². The highest BCUT2D eigenvalue weighted by molar-refractivity contribution is 5.99. The number of carbonyl (C=O) groups excluding carboxylic acids is 1. The highest BCUT2D eigenvalue weighted by Gasteiger charge is 2.37. The predicted molar refractivity (Wildman–Crippen MR) is 72.1 cm³/mol. The molecule has 1 aromatic rings. The van der Waals surface area contributed by atoms with Crippen LogP contribution >= 0.6 is 0 Å². The topological polar surface area (TPSA) is 83.6 Å². The van der Waals surface area contributed by atoms with Crippen molar-refractivity contribution in [2.45, 2.75) is 19.8 Å². The number of rotatable bonds is 3. The first kappa shape index (κ1) is 14.3. The largest absolute Gasteiger partial charge is 0.481 e. The third-order valence-electron chi connectivity index (χ3n) is 3.96. The molecule has 0 aliphatic carbocycles. The maximum atomic E-state index is 13.7. The molecular formula is C14H17FN2O3. The van der Waals surface area contributed by atoms with Gasteiger partial charge in [0.15, 0.2) is 0 Å². The van der Waals surface area contributed by atoms with Gasteiger partial charge in [0.2, 0.25) is 0 Å². The van der Waals surface area contributed by atoms with Crippen molar-refractivity contribution in [1.29, 1.82) is 0 Å². The number of hydrogen-bond acceptors (Lipinski definition) is 3. The van der Waals surface area contributed by atoms with Gasteiger partial charge in [-0.3, -0.25) is 9.59 Å². The molecule has 1 aliphatic heterocycles. The molecule has 1 heterocycles. The van der Waals surface area contributed by atoms with Crippen LogP contribution in [0.2, 0.25) is 0 Å². The van der Waals surface area contributed by atoms with E-state index in [0.717, 1.165) is 0 Å². The highest BCUT2D eigenvalue weighted by atomic mass is 19.1. The quantitative estimate of drug-likeness (QED) is 0.881. The molecule has 108 valence electrons. The Labute approximate surface area is 116 Å². The Kier molecular flexibility index (Phi) is 3.65. The molecule has 3 N–H and O–H groups in total. The number of amides is 1. The second kappa shape index (κ2) is 5.11. The molecule has 0 aromatic heterocycles. The number of piperidine rings is 1. The Morgan fingerprint density at radius 2 is 1.95 bits per heavy atom. The van der Waals surface area contributed by atoms with E-state index in [0.29, 0.717) is 31.6 Å². The summed E-state index contributed by atoms with van der Waals surface area (Å²) in [6.45, 7) is 2.60. The molecule has 1 amide bonds. The summed E-state index contributed by atoms with van der Waals surface area (Å²) in [7, 11) is 0. The fourth-order valence-corrected chi connectivity index (χ4v) is 2.48. The molecule has 0 spiro atoms. The van der Waals surface area contributed by atoms with Crippen LogP contribution in [-0.4, -0.2) is 30.1 Å². The lowest BCUT2D eigenvalue weighted by atomic mass is 9.80. The summed E-state index contributed by atoms with van der Waals surface area (Å²) in [6, 6.07) is 4.34. The van der Waals surface area contributed by atoms with Crippen molar-refractivity contribution >= 4 is 17.6 Å². The lowest BCUT2D eigenvalue weighted by Crippen LogP contribution is -2.43. The monoisotopic (exact) mass is 280 g/mol. The third-order valence-corrected chi connectivity index (χ3v) is 3.96. The second-order valence-electron chi connectivity index (χ2n) is 5.35. The van der Waals surface area contributed by atoms with E-state index < -0.39 is 23.1 Å². The van der Waals surface area contributed by atoms with Crippen molar-refractivity contribution in [3.05, 3.63) is 29.6 Å². The minimum Gasteiger partial charge on any atom is -0.481 e. The van der Waals surface area contributed by atoms with Crippen molar-refractivity contribution in [2.24, 2.45) is 11.1 Å². The number of hydrogen-bond donors (Lipinski definition) is 2. The van der Waals surface area contributed by atoms with Gasteiger partial charge in [-0.15, -0.1) is 0 Å². The van der Waals surface area contributed by atoms with Gasteiger partial charge in [-0.1, -0.05) is 6.07 Å². The number of nitrogens with zero attached hydrogens (tertiary/aromatic N) is 1. The number of benzene rings is 1. The summed E-state index contributed by atoms with van der Waals surface area (Å²) in [6.07, 6.45) is 0.883. The van der Waals surface area contributed by atoms with Gasteiger partial charge in [0.1, 0.15) is 5.82 Å². The fourth-order valence-electron chi connectivity index (χ4n) is 2.48. The van der Waals surface area contributed by atoms with Crippen molar-refractivity contribution in [3.63, 3.8) is 0 Å². The SMILES string of the molecule is CC1(C(=O)O)CCN(c2cccc(F)c2C(N)=O)CC1. The summed E-state index contributed by atoms with van der Waals surface area (Å²) in [4.78, 5) is 24.4. The average molecular weight is 280 g/mol. The van der Waals surface area contributed by atoms with E-state index in [1.807, 2.05) is 4.90 Å². The van der Waals surface area contributed by atoms with Gasteiger partial charge >= 0.3 is 5.97 Å². The number of anilines is 1. The number of carboxylic acids is 1. The second-order valence-corrected chi connectivity index (χ2v) is 5.35. The Hall–Kier alpha value is -2.11. The average Bonchev–Trinajstić information content (AvgIpc) is 2.38. The van der Waals surface area contributed by atoms with Crippen molar-refractivity contribution < 1.29 is 19.1 Å². The van der Waals surface area contributed by atoms with Crippen LogP contribution in [0.15, 0.2) is 18.2 Å². The third kappa shape index (κ3) is 2.45. The molecule has 1 aliphatic rings. The first-order chi connectivity index (χ1) is 9.35. The number of primary amides is 1. The molecule has 1 saturated heterocycles. The standard InChI is InChI=1S/C14H17FN2O3/c1-14(13(19)20)5-7-17(8-6-14)10-4-2-3-9(15)11(10)12(16)18/h2-4H,5-8H2,1H3,(H2,16,18)(H,19,20). The zero-order valence-corrected chi connectivity index (χ0v) is 11.2. The number of nitrogens with two attached hydrogens (primary N) is 1. The van der Waals surface area contributed by atoms with Gasteiger partial charge in [-0.05, 0) is 31.9 Å². The molecule has 1 aromatic carbocycles. The summed E-state index contributed by atoms with van der Waals surface area (Å²) in [5.74, 6) is -2.29. The summed E-state index contributed by atoms with van der Waals surface area (Å²) >= 11 is 0. The van der Waals surface area contributed by atoms with Gasteiger partial charge < -0.3 is 15.7 Å². The maximum Gasteiger partial charge on any atom is 0.309 e. The molecule has 6 heteroatoms. The van der Waals surface area contributed by atoms with Gasteiger partial charge in [0, 0.05) is 13.1 Å². The normalized spacial score (nSPS) is 17.8.